The minimum atomic E-state index is -1.05. The van der Waals surface area contributed by atoms with Crippen LogP contribution in [-0.2, 0) is 9.59 Å². The highest BCUT2D eigenvalue weighted by Gasteiger charge is 2.26. The summed E-state index contributed by atoms with van der Waals surface area (Å²) in [5.74, 6) is -1.10. The molecule has 2 N–H and O–H groups in total. The van der Waals surface area contributed by atoms with Gasteiger partial charge in [0.1, 0.15) is 11.8 Å². The molecule has 0 aliphatic carbocycles. The molecule has 2 aromatic rings. The van der Waals surface area contributed by atoms with Crippen LogP contribution in [0.25, 0.3) is 10.8 Å². The molecule has 2 atom stereocenters. The lowest BCUT2D eigenvalue weighted by molar-refractivity contribution is -0.144. The Bertz CT molecular complexity index is 706. The number of carboxylic acid groups (broad SMARTS) is 1. The molecule has 0 fully saturated rings. The van der Waals surface area contributed by atoms with Crippen molar-refractivity contribution in [1.29, 1.82) is 0 Å². The predicted octanol–water partition coefficient (Wildman–Crippen LogP) is 2.83. The molecule has 1 unspecified atom stereocenters. The predicted molar refractivity (Wildman–Crippen MR) is 88.4 cm³/mol. The summed E-state index contributed by atoms with van der Waals surface area (Å²) < 4.78 is 5.74. The van der Waals surface area contributed by atoms with Crippen LogP contribution >= 0.6 is 0 Å². The molecule has 122 valence electrons. The van der Waals surface area contributed by atoms with E-state index in [-0.39, 0.29) is 5.92 Å². The van der Waals surface area contributed by atoms with Crippen molar-refractivity contribution in [1.82, 2.24) is 5.32 Å². The number of hydrogen-bond donors (Lipinski definition) is 2. The molecule has 0 spiro atoms. The summed E-state index contributed by atoms with van der Waals surface area (Å²) in [6.07, 6.45) is -0.790. The number of rotatable bonds is 6. The second-order valence-corrected chi connectivity index (χ2v) is 5.81. The fraction of sp³-hybridized carbons (Fsp3) is 0.333. The molecule has 0 aliphatic rings. The standard InChI is InChI=1S/C18H21NO4/c1-11(2)16(18(21)22)19-17(20)12(3)23-15-10-6-8-13-7-4-5-9-14(13)15/h4-12,16H,1-3H3,(H,19,20)(H,21,22)/t12?,16-/m0/s1. The number of amides is 1. The number of ether oxygens (including phenoxy) is 1. The minimum Gasteiger partial charge on any atom is -0.480 e. The zero-order valence-electron chi connectivity index (χ0n) is 13.4. The topological polar surface area (TPSA) is 75.6 Å². The van der Waals surface area contributed by atoms with Crippen molar-refractivity contribution in [2.45, 2.75) is 32.9 Å². The van der Waals surface area contributed by atoms with Gasteiger partial charge in [-0.25, -0.2) is 4.79 Å². The van der Waals surface area contributed by atoms with Crippen LogP contribution in [-0.4, -0.2) is 29.1 Å². The van der Waals surface area contributed by atoms with Gasteiger partial charge in [-0.3, -0.25) is 4.79 Å². The Balaban J connectivity index is 2.13. The first-order valence-electron chi connectivity index (χ1n) is 7.57. The summed E-state index contributed by atoms with van der Waals surface area (Å²) in [6.45, 7) is 5.10. The fourth-order valence-corrected chi connectivity index (χ4v) is 2.33. The maximum atomic E-state index is 12.2. The van der Waals surface area contributed by atoms with E-state index in [2.05, 4.69) is 5.32 Å². The smallest absolute Gasteiger partial charge is 0.326 e. The van der Waals surface area contributed by atoms with Crippen LogP contribution in [0.5, 0.6) is 5.75 Å². The third kappa shape index (κ3) is 4.00. The molecule has 0 heterocycles. The zero-order valence-corrected chi connectivity index (χ0v) is 13.4. The van der Waals surface area contributed by atoms with Crippen molar-refractivity contribution in [3.63, 3.8) is 0 Å². The Morgan fingerprint density at radius 3 is 2.35 bits per heavy atom. The monoisotopic (exact) mass is 315 g/mol. The van der Waals surface area contributed by atoms with E-state index < -0.39 is 24.0 Å². The molecule has 0 bridgehead atoms. The third-order valence-corrected chi connectivity index (χ3v) is 3.65. The average Bonchev–Trinajstić information content (AvgIpc) is 2.52. The second-order valence-electron chi connectivity index (χ2n) is 5.81. The number of nitrogens with one attached hydrogen (secondary N) is 1. The lowest BCUT2D eigenvalue weighted by Crippen LogP contribution is -2.48. The van der Waals surface area contributed by atoms with E-state index in [1.165, 1.54) is 0 Å². The summed E-state index contributed by atoms with van der Waals surface area (Å²) >= 11 is 0. The van der Waals surface area contributed by atoms with Gasteiger partial charge in [-0.1, -0.05) is 50.2 Å². The van der Waals surface area contributed by atoms with Crippen LogP contribution in [0.4, 0.5) is 0 Å². The quantitative estimate of drug-likeness (QED) is 0.859. The van der Waals surface area contributed by atoms with Gasteiger partial charge in [-0.2, -0.15) is 0 Å². The van der Waals surface area contributed by atoms with Crippen molar-refractivity contribution < 1.29 is 19.4 Å². The first-order valence-corrected chi connectivity index (χ1v) is 7.57. The van der Waals surface area contributed by atoms with E-state index in [1.54, 1.807) is 26.8 Å². The molecular weight excluding hydrogens is 294 g/mol. The lowest BCUT2D eigenvalue weighted by Gasteiger charge is -2.21. The first-order chi connectivity index (χ1) is 10.9. The van der Waals surface area contributed by atoms with Gasteiger partial charge in [0.25, 0.3) is 5.91 Å². The van der Waals surface area contributed by atoms with Crippen LogP contribution in [0.2, 0.25) is 0 Å². The molecule has 1 amide bonds. The van der Waals surface area contributed by atoms with Crippen LogP contribution in [0.3, 0.4) is 0 Å². The van der Waals surface area contributed by atoms with Gasteiger partial charge in [0, 0.05) is 5.39 Å². The van der Waals surface area contributed by atoms with Gasteiger partial charge in [-0.05, 0) is 24.3 Å². The number of hydrogen-bond acceptors (Lipinski definition) is 3. The lowest BCUT2D eigenvalue weighted by atomic mass is 10.0. The van der Waals surface area contributed by atoms with Gasteiger partial charge >= 0.3 is 5.97 Å². The van der Waals surface area contributed by atoms with Crippen molar-refractivity contribution in [2.75, 3.05) is 0 Å². The maximum Gasteiger partial charge on any atom is 0.326 e. The van der Waals surface area contributed by atoms with E-state index in [1.807, 2.05) is 36.4 Å². The van der Waals surface area contributed by atoms with E-state index in [0.29, 0.717) is 5.75 Å². The Hall–Kier alpha value is -2.56. The van der Waals surface area contributed by atoms with Crippen molar-refractivity contribution in [3.05, 3.63) is 42.5 Å². The maximum absolute atomic E-state index is 12.2. The normalized spacial score (nSPS) is 13.6. The molecule has 0 aliphatic heterocycles. The largest absolute Gasteiger partial charge is 0.480 e. The molecule has 0 saturated carbocycles. The van der Waals surface area contributed by atoms with Crippen molar-refractivity contribution in [2.24, 2.45) is 5.92 Å². The molecule has 5 nitrogen and oxygen atoms in total. The van der Waals surface area contributed by atoms with E-state index in [0.717, 1.165) is 10.8 Å². The highest BCUT2D eigenvalue weighted by Crippen LogP contribution is 2.26. The third-order valence-electron chi connectivity index (χ3n) is 3.65. The van der Waals surface area contributed by atoms with Crippen molar-refractivity contribution >= 4 is 22.6 Å². The van der Waals surface area contributed by atoms with E-state index in [9.17, 15) is 9.59 Å². The Morgan fingerprint density at radius 2 is 1.70 bits per heavy atom. The average molecular weight is 315 g/mol. The minimum absolute atomic E-state index is 0.207. The highest BCUT2D eigenvalue weighted by atomic mass is 16.5. The van der Waals surface area contributed by atoms with Crippen LogP contribution in [0.15, 0.2) is 42.5 Å². The number of carbonyl (C=O) groups is 2. The summed E-state index contributed by atoms with van der Waals surface area (Å²) in [7, 11) is 0. The number of carbonyl (C=O) groups excluding carboxylic acids is 1. The van der Waals surface area contributed by atoms with Gasteiger partial charge in [0.05, 0.1) is 0 Å². The molecule has 23 heavy (non-hydrogen) atoms. The van der Waals surface area contributed by atoms with E-state index in [4.69, 9.17) is 9.84 Å². The van der Waals surface area contributed by atoms with Gasteiger partial charge in [0.15, 0.2) is 6.10 Å². The molecule has 2 rings (SSSR count). The number of carboxylic acids is 1. The van der Waals surface area contributed by atoms with Gasteiger partial charge < -0.3 is 15.2 Å². The Morgan fingerprint density at radius 1 is 1.04 bits per heavy atom. The summed E-state index contributed by atoms with van der Waals surface area (Å²) in [5.41, 5.74) is 0. The number of aliphatic carboxylic acids is 1. The summed E-state index contributed by atoms with van der Waals surface area (Å²) in [6, 6.07) is 12.4. The van der Waals surface area contributed by atoms with Crippen molar-refractivity contribution in [3.8, 4) is 5.75 Å². The van der Waals surface area contributed by atoms with Crippen LogP contribution < -0.4 is 10.1 Å². The second kappa shape index (κ2) is 7.13. The first kappa shape index (κ1) is 16.8. The molecule has 2 aromatic carbocycles. The van der Waals surface area contributed by atoms with Crippen LogP contribution in [0.1, 0.15) is 20.8 Å². The van der Waals surface area contributed by atoms with Gasteiger partial charge in [0.2, 0.25) is 0 Å². The number of fused-ring (bicyclic) bond motifs is 1. The zero-order chi connectivity index (χ0) is 17.0. The van der Waals surface area contributed by atoms with E-state index >= 15 is 0 Å². The van der Waals surface area contributed by atoms with Crippen LogP contribution in [0, 0.1) is 5.92 Å². The highest BCUT2D eigenvalue weighted by molar-refractivity contribution is 5.90. The molecule has 5 heteroatoms. The molecule has 0 aromatic heterocycles. The number of benzene rings is 2. The summed E-state index contributed by atoms with van der Waals surface area (Å²) in [4.78, 5) is 23.4. The molecular formula is C18H21NO4. The molecule has 0 saturated heterocycles. The van der Waals surface area contributed by atoms with Gasteiger partial charge in [-0.15, -0.1) is 0 Å². The summed E-state index contributed by atoms with van der Waals surface area (Å²) in [5, 5.41) is 13.6. The Labute approximate surface area is 135 Å². The molecule has 0 radical (unpaired) electrons. The SMILES string of the molecule is CC(Oc1cccc2ccccc12)C(=O)N[C@H](C(=O)O)C(C)C. The fourth-order valence-electron chi connectivity index (χ4n) is 2.33. The Kier molecular flexibility index (Phi) is 5.21.